The van der Waals surface area contributed by atoms with Crippen LogP contribution in [0.25, 0.3) is 10.9 Å². The Kier molecular flexibility index (Phi) is 2.99. The summed E-state index contributed by atoms with van der Waals surface area (Å²) in [6, 6.07) is 5.42. The molecule has 84 valence electrons. The molecule has 0 aliphatic carbocycles. The van der Waals surface area contributed by atoms with Crippen LogP contribution >= 0.6 is 11.6 Å². The van der Waals surface area contributed by atoms with Gasteiger partial charge in [-0.05, 0) is 25.1 Å². The molecule has 0 bridgehead atoms. The minimum atomic E-state index is 0.00366. The van der Waals surface area contributed by atoms with Crippen molar-refractivity contribution in [3.63, 3.8) is 0 Å². The third kappa shape index (κ3) is 1.84. The van der Waals surface area contributed by atoms with Crippen molar-refractivity contribution in [2.45, 2.75) is 13.5 Å². The van der Waals surface area contributed by atoms with Crippen molar-refractivity contribution in [3.05, 3.63) is 35.0 Å². The van der Waals surface area contributed by atoms with Crippen LogP contribution in [0.2, 0.25) is 5.02 Å². The van der Waals surface area contributed by atoms with Crippen molar-refractivity contribution in [2.24, 2.45) is 0 Å². The molecular formula is C12H12ClNO2. The topological polar surface area (TPSA) is 42.2 Å². The number of ketones is 1. The molecule has 0 fully saturated rings. The molecule has 0 atom stereocenters. The first kappa shape index (κ1) is 11.2. The van der Waals surface area contributed by atoms with Gasteiger partial charge in [0.25, 0.3) is 0 Å². The van der Waals surface area contributed by atoms with Gasteiger partial charge in [0.15, 0.2) is 5.78 Å². The minimum Gasteiger partial charge on any atom is -0.395 e. The third-order valence-electron chi connectivity index (χ3n) is 2.56. The van der Waals surface area contributed by atoms with Crippen LogP contribution < -0.4 is 0 Å². The predicted octanol–water partition coefficient (Wildman–Crippen LogP) is 2.49. The van der Waals surface area contributed by atoms with E-state index in [-0.39, 0.29) is 12.4 Å². The number of aliphatic hydroxyl groups is 1. The number of nitrogens with zero attached hydrogens (tertiary/aromatic N) is 1. The summed E-state index contributed by atoms with van der Waals surface area (Å²) in [6.45, 7) is 2.05. The van der Waals surface area contributed by atoms with Gasteiger partial charge in [-0.1, -0.05) is 11.6 Å². The summed E-state index contributed by atoms with van der Waals surface area (Å²) in [5, 5.41) is 10.4. The van der Waals surface area contributed by atoms with Crippen molar-refractivity contribution >= 4 is 28.3 Å². The average molecular weight is 238 g/mol. The largest absolute Gasteiger partial charge is 0.395 e. The van der Waals surface area contributed by atoms with Gasteiger partial charge in [-0.3, -0.25) is 4.79 Å². The van der Waals surface area contributed by atoms with Gasteiger partial charge in [0.2, 0.25) is 0 Å². The molecule has 2 rings (SSSR count). The Balaban J connectivity index is 2.71. The van der Waals surface area contributed by atoms with E-state index in [1.165, 1.54) is 6.92 Å². The molecule has 1 heterocycles. The number of carbonyl (C=O) groups excluding carboxylic acids is 1. The van der Waals surface area contributed by atoms with E-state index in [2.05, 4.69) is 0 Å². The molecule has 0 saturated carbocycles. The van der Waals surface area contributed by atoms with E-state index in [4.69, 9.17) is 16.7 Å². The molecule has 1 N–H and O–H groups in total. The monoisotopic (exact) mass is 237 g/mol. The normalized spacial score (nSPS) is 10.9. The van der Waals surface area contributed by atoms with Crippen LogP contribution in [0.1, 0.15) is 17.3 Å². The van der Waals surface area contributed by atoms with Crippen LogP contribution in [-0.2, 0) is 6.54 Å². The maximum absolute atomic E-state index is 11.5. The van der Waals surface area contributed by atoms with Crippen LogP contribution in [0, 0.1) is 0 Å². The second-order valence-corrected chi connectivity index (χ2v) is 4.11. The van der Waals surface area contributed by atoms with Crippen molar-refractivity contribution in [1.82, 2.24) is 4.57 Å². The smallest absolute Gasteiger partial charge is 0.161 e. The number of hydrogen-bond donors (Lipinski definition) is 1. The van der Waals surface area contributed by atoms with Crippen LogP contribution in [0.4, 0.5) is 0 Å². The molecule has 1 aromatic carbocycles. The van der Waals surface area contributed by atoms with E-state index in [1.807, 2.05) is 10.6 Å². The molecule has 4 heteroatoms. The lowest BCUT2D eigenvalue weighted by Crippen LogP contribution is -2.00. The van der Waals surface area contributed by atoms with Gasteiger partial charge >= 0.3 is 0 Å². The van der Waals surface area contributed by atoms with Crippen LogP contribution in [0.15, 0.2) is 24.4 Å². The maximum Gasteiger partial charge on any atom is 0.161 e. The number of Topliss-reactive ketones (excluding diaryl/α,β-unsaturated/α-hetero) is 1. The maximum atomic E-state index is 11.5. The fourth-order valence-corrected chi connectivity index (χ4v) is 2.01. The fraction of sp³-hybridized carbons (Fsp3) is 0.250. The van der Waals surface area contributed by atoms with Gasteiger partial charge in [0.1, 0.15) is 0 Å². The number of halogens is 1. The Bertz CT molecular complexity index is 545. The van der Waals surface area contributed by atoms with Crippen LogP contribution in [0.3, 0.4) is 0 Å². The van der Waals surface area contributed by atoms with Gasteiger partial charge < -0.3 is 9.67 Å². The lowest BCUT2D eigenvalue weighted by molar-refractivity contribution is 0.101. The van der Waals surface area contributed by atoms with Gasteiger partial charge in [-0.2, -0.15) is 0 Å². The third-order valence-corrected chi connectivity index (χ3v) is 2.80. The summed E-state index contributed by atoms with van der Waals surface area (Å²) in [4.78, 5) is 11.5. The molecule has 2 aromatic rings. The first-order valence-corrected chi connectivity index (χ1v) is 5.41. The number of hydrogen-bond acceptors (Lipinski definition) is 2. The zero-order valence-electron chi connectivity index (χ0n) is 8.90. The number of rotatable bonds is 3. The Morgan fingerprint density at radius 2 is 2.25 bits per heavy atom. The standard InChI is InChI=1S/C12H12ClNO2/c1-8(16)11-7-14(4-5-15)12-3-2-9(13)6-10(11)12/h2-3,6-7,15H,4-5H2,1H3. The molecule has 0 amide bonds. The Morgan fingerprint density at radius 3 is 2.88 bits per heavy atom. The SMILES string of the molecule is CC(=O)c1cn(CCO)c2ccc(Cl)cc12. The highest BCUT2D eigenvalue weighted by Gasteiger charge is 2.11. The summed E-state index contributed by atoms with van der Waals surface area (Å²) in [6.07, 6.45) is 1.76. The van der Waals surface area contributed by atoms with E-state index >= 15 is 0 Å². The van der Waals surface area contributed by atoms with E-state index in [9.17, 15) is 4.79 Å². The second-order valence-electron chi connectivity index (χ2n) is 3.68. The lowest BCUT2D eigenvalue weighted by atomic mass is 10.1. The summed E-state index contributed by atoms with van der Waals surface area (Å²) >= 11 is 5.91. The van der Waals surface area contributed by atoms with Gasteiger partial charge in [0, 0.05) is 34.2 Å². The molecular weight excluding hydrogens is 226 g/mol. The quantitative estimate of drug-likeness (QED) is 0.834. The molecule has 1 aromatic heterocycles. The number of benzene rings is 1. The number of aliphatic hydroxyl groups excluding tert-OH is 1. The number of fused-ring (bicyclic) bond motifs is 1. The highest BCUT2D eigenvalue weighted by atomic mass is 35.5. The first-order valence-electron chi connectivity index (χ1n) is 5.03. The van der Waals surface area contributed by atoms with Gasteiger partial charge in [0.05, 0.1) is 6.61 Å². The van der Waals surface area contributed by atoms with E-state index < -0.39 is 0 Å². The summed E-state index contributed by atoms with van der Waals surface area (Å²) in [5.74, 6) is 0.00366. The first-order chi connectivity index (χ1) is 7.63. The van der Waals surface area contributed by atoms with Crippen molar-refractivity contribution in [2.75, 3.05) is 6.61 Å². The number of aromatic nitrogens is 1. The highest BCUT2D eigenvalue weighted by molar-refractivity contribution is 6.31. The van der Waals surface area contributed by atoms with Crippen molar-refractivity contribution in [3.8, 4) is 0 Å². The average Bonchev–Trinajstić information content (AvgIpc) is 2.57. The van der Waals surface area contributed by atoms with Gasteiger partial charge in [-0.25, -0.2) is 0 Å². The number of carbonyl (C=O) groups is 1. The Labute approximate surface area is 98.3 Å². The molecule has 0 spiro atoms. The predicted molar refractivity (Wildman–Crippen MR) is 64.0 cm³/mol. The zero-order chi connectivity index (χ0) is 11.7. The van der Waals surface area contributed by atoms with Crippen molar-refractivity contribution in [1.29, 1.82) is 0 Å². The summed E-state index contributed by atoms with van der Waals surface area (Å²) < 4.78 is 1.86. The van der Waals surface area contributed by atoms with Crippen LogP contribution in [-0.4, -0.2) is 22.1 Å². The van der Waals surface area contributed by atoms with Gasteiger partial charge in [-0.15, -0.1) is 0 Å². The molecule has 3 nitrogen and oxygen atoms in total. The molecule has 0 saturated heterocycles. The summed E-state index contributed by atoms with van der Waals surface area (Å²) in [5.41, 5.74) is 1.56. The molecule has 0 aliphatic rings. The molecule has 0 radical (unpaired) electrons. The minimum absolute atomic E-state index is 0.00366. The van der Waals surface area contributed by atoms with Crippen molar-refractivity contribution < 1.29 is 9.90 Å². The Morgan fingerprint density at radius 1 is 1.50 bits per heavy atom. The second kappa shape index (κ2) is 4.28. The lowest BCUT2D eigenvalue weighted by Gasteiger charge is -2.01. The molecule has 16 heavy (non-hydrogen) atoms. The van der Waals surface area contributed by atoms with E-state index in [1.54, 1.807) is 18.3 Å². The van der Waals surface area contributed by atoms with E-state index in [0.29, 0.717) is 17.1 Å². The molecule has 0 unspecified atom stereocenters. The Hall–Kier alpha value is -1.32. The fourth-order valence-electron chi connectivity index (χ4n) is 1.84. The summed E-state index contributed by atoms with van der Waals surface area (Å²) in [7, 11) is 0. The zero-order valence-corrected chi connectivity index (χ0v) is 9.66. The van der Waals surface area contributed by atoms with E-state index in [0.717, 1.165) is 10.9 Å². The highest BCUT2D eigenvalue weighted by Crippen LogP contribution is 2.25. The molecule has 0 aliphatic heterocycles. The van der Waals surface area contributed by atoms with Crippen LogP contribution in [0.5, 0.6) is 0 Å².